The maximum atomic E-state index is 12.3. The summed E-state index contributed by atoms with van der Waals surface area (Å²) in [5.41, 5.74) is 2.39. The number of nitrogens with one attached hydrogen (secondary N) is 2. The van der Waals surface area contributed by atoms with Gasteiger partial charge in [0.15, 0.2) is 0 Å². The van der Waals surface area contributed by atoms with Crippen molar-refractivity contribution in [2.24, 2.45) is 0 Å². The molecular formula is C19H22N2O2. The molecule has 120 valence electrons. The summed E-state index contributed by atoms with van der Waals surface area (Å²) in [5, 5.41) is 5.61. The normalized spacial score (nSPS) is 11.8. The molecule has 23 heavy (non-hydrogen) atoms. The first kappa shape index (κ1) is 16.7. The molecule has 0 fully saturated rings. The second-order valence-corrected chi connectivity index (χ2v) is 5.79. The van der Waals surface area contributed by atoms with Gasteiger partial charge in [0.25, 0.3) is 5.91 Å². The van der Waals surface area contributed by atoms with E-state index in [1.165, 1.54) is 0 Å². The quantitative estimate of drug-likeness (QED) is 0.887. The highest BCUT2D eigenvalue weighted by molar-refractivity contribution is 6.01. The van der Waals surface area contributed by atoms with Gasteiger partial charge in [0.1, 0.15) is 6.04 Å². The smallest absolute Gasteiger partial charge is 0.251 e. The number of hydrogen-bond acceptors (Lipinski definition) is 2. The zero-order valence-corrected chi connectivity index (χ0v) is 13.7. The van der Waals surface area contributed by atoms with Gasteiger partial charge < -0.3 is 10.6 Å². The van der Waals surface area contributed by atoms with Crippen LogP contribution in [0.25, 0.3) is 0 Å². The fourth-order valence-electron chi connectivity index (χ4n) is 2.29. The molecule has 2 rings (SSSR count). The molecule has 0 aliphatic carbocycles. The summed E-state index contributed by atoms with van der Waals surface area (Å²) in [5.74, 6) is -0.187. The van der Waals surface area contributed by atoms with E-state index in [-0.39, 0.29) is 11.8 Å². The molecule has 4 heteroatoms. The van der Waals surface area contributed by atoms with Crippen LogP contribution in [-0.2, 0) is 4.79 Å². The van der Waals surface area contributed by atoms with Gasteiger partial charge in [-0.1, -0.05) is 50.2 Å². The average Bonchev–Trinajstić information content (AvgIpc) is 2.55. The summed E-state index contributed by atoms with van der Waals surface area (Å²) in [6, 6.07) is 15.9. The van der Waals surface area contributed by atoms with Crippen LogP contribution in [0.1, 0.15) is 42.6 Å². The molecule has 2 aromatic carbocycles. The highest BCUT2D eigenvalue weighted by atomic mass is 16.2. The summed E-state index contributed by atoms with van der Waals surface area (Å²) in [6.07, 6.45) is 0. The third kappa shape index (κ3) is 4.42. The molecule has 4 nitrogen and oxygen atoms in total. The van der Waals surface area contributed by atoms with Crippen LogP contribution in [0.3, 0.4) is 0 Å². The molecule has 0 heterocycles. The number of amides is 2. The van der Waals surface area contributed by atoms with Crippen LogP contribution in [0.15, 0.2) is 54.6 Å². The number of rotatable bonds is 5. The third-order valence-electron chi connectivity index (χ3n) is 3.62. The number of anilines is 1. The Bertz CT molecular complexity index is 681. The number of carbonyl (C=O) groups excluding carboxylic acids is 2. The van der Waals surface area contributed by atoms with E-state index in [2.05, 4.69) is 24.5 Å². The molecule has 0 saturated carbocycles. The van der Waals surface area contributed by atoms with E-state index >= 15 is 0 Å². The van der Waals surface area contributed by atoms with Crippen molar-refractivity contribution in [1.82, 2.24) is 5.32 Å². The van der Waals surface area contributed by atoms with E-state index in [1.807, 2.05) is 30.3 Å². The number of para-hydroxylation sites is 1. The lowest BCUT2D eigenvalue weighted by molar-refractivity contribution is -0.117. The van der Waals surface area contributed by atoms with Crippen molar-refractivity contribution < 1.29 is 9.59 Å². The molecule has 2 N–H and O–H groups in total. The molecule has 0 aliphatic rings. The van der Waals surface area contributed by atoms with E-state index in [9.17, 15) is 9.59 Å². The summed E-state index contributed by atoms with van der Waals surface area (Å²) in [6.45, 7) is 5.82. The Morgan fingerprint density at radius 3 is 2.13 bits per heavy atom. The molecule has 1 atom stereocenters. The Hall–Kier alpha value is -2.62. The van der Waals surface area contributed by atoms with Crippen LogP contribution >= 0.6 is 0 Å². The van der Waals surface area contributed by atoms with Gasteiger partial charge in [0.2, 0.25) is 5.91 Å². The first-order chi connectivity index (χ1) is 11.0. The van der Waals surface area contributed by atoms with Crippen molar-refractivity contribution in [1.29, 1.82) is 0 Å². The Balaban J connectivity index is 2.02. The largest absolute Gasteiger partial charge is 0.341 e. The molecule has 0 saturated heterocycles. The maximum absolute atomic E-state index is 12.3. The molecule has 0 radical (unpaired) electrons. The molecule has 0 unspecified atom stereocenters. The van der Waals surface area contributed by atoms with Crippen molar-refractivity contribution >= 4 is 17.5 Å². The number of carbonyl (C=O) groups is 2. The second-order valence-electron chi connectivity index (χ2n) is 5.79. The lowest BCUT2D eigenvalue weighted by Gasteiger charge is -2.17. The van der Waals surface area contributed by atoms with Gasteiger partial charge in [0, 0.05) is 11.3 Å². The van der Waals surface area contributed by atoms with Gasteiger partial charge in [0.05, 0.1) is 0 Å². The van der Waals surface area contributed by atoms with Crippen LogP contribution in [-0.4, -0.2) is 17.9 Å². The van der Waals surface area contributed by atoms with Crippen LogP contribution in [0.5, 0.6) is 0 Å². The molecule has 2 amide bonds. The lowest BCUT2D eigenvalue weighted by Crippen LogP contribution is -2.41. The summed E-state index contributed by atoms with van der Waals surface area (Å²) >= 11 is 0. The summed E-state index contributed by atoms with van der Waals surface area (Å²) in [4.78, 5) is 24.4. The zero-order valence-electron chi connectivity index (χ0n) is 13.7. The molecular weight excluding hydrogens is 288 g/mol. The first-order valence-electron chi connectivity index (χ1n) is 7.74. The van der Waals surface area contributed by atoms with Crippen LogP contribution in [0.4, 0.5) is 5.69 Å². The van der Waals surface area contributed by atoms with Crippen LogP contribution < -0.4 is 10.6 Å². The molecule has 0 spiro atoms. The van der Waals surface area contributed by atoms with E-state index in [0.717, 1.165) is 11.3 Å². The van der Waals surface area contributed by atoms with Gasteiger partial charge in [-0.25, -0.2) is 0 Å². The van der Waals surface area contributed by atoms with Gasteiger partial charge in [-0.15, -0.1) is 0 Å². The van der Waals surface area contributed by atoms with E-state index < -0.39 is 6.04 Å². The zero-order chi connectivity index (χ0) is 16.8. The number of benzene rings is 2. The fourth-order valence-corrected chi connectivity index (χ4v) is 2.29. The van der Waals surface area contributed by atoms with Gasteiger partial charge >= 0.3 is 0 Å². The Kier molecular flexibility index (Phi) is 5.52. The predicted octanol–water partition coefficient (Wildman–Crippen LogP) is 3.57. The predicted molar refractivity (Wildman–Crippen MR) is 92.5 cm³/mol. The average molecular weight is 310 g/mol. The molecule has 0 aromatic heterocycles. The van der Waals surface area contributed by atoms with Gasteiger partial charge in [-0.3, -0.25) is 9.59 Å². The molecule has 0 aliphatic heterocycles. The Labute approximate surface area is 136 Å². The first-order valence-corrected chi connectivity index (χ1v) is 7.74. The minimum absolute atomic E-state index is 0.234. The monoisotopic (exact) mass is 310 g/mol. The molecule has 0 bridgehead atoms. The maximum Gasteiger partial charge on any atom is 0.251 e. The van der Waals surface area contributed by atoms with Crippen molar-refractivity contribution in [3.8, 4) is 0 Å². The van der Waals surface area contributed by atoms with Gasteiger partial charge in [-0.2, -0.15) is 0 Å². The van der Waals surface area contributed by atoms with Crippen LogP contribution in [0.2, 0.25) is 0 Å². The van der Waals surface area contributed by atoms with Crippen molar-refractivity contribution in [2.75, 3.05) is 5.32 Å². The lowest BCUT2D eigenvalue weighted by atomic mass is 10.0. The minimum atomic E-state index is -0.622. The second kappa shape index (κ2) is 7.58. The fraction of sp³-hybridized carbons (Fsp3) is 0.263. The highest BCUT2D eigenvalue weighted by Gasteiger charge is 2.18. The summed E-state index contributed by atoms with van der Waals surface area (Å²) in [7, 11) is 0. The Morgan fingerprint density at radius 1 is 0.870 bits per heavy atom. The number of hydrogen-bond donors (Lipinski definition) is 2. The minimum Gasteiger partial charge on any atom is -0.341 e. The van der Waals surface area contributed by atoms with Crippen molar-refractivity contribution in [3.63, 3.8) is 0 Å². The van der Waals surface area contributed by atoms with E-state index in [0.29, 0.717) is 11.5 Å². The van der Waals surface area contributed by atoms with E-state index in [4.69, 9.17) is 0 Å². The molecule has 2 aromatic rings. The van der Waals surface area contributed by atoms with E-state index in [1.54, 1.807) is 31.2 Å². The summed E-state index contributed by atoms with van der Waals surface area (Å²) < 4.78 is 0. The SMILES string of the molecule is CC(C)c1ccccc1NC(=O)[C@@H](C)NC(=O)c1ccccc1. The van der Waals surface area contributed by atoms with Crippen LogP contribution in [0, 0.1) is 0 Å². The van der Waals surface area contributed by atoms with Crippen molar-refractivity contribution in [3.05, 3.63) is 65.7 Å². The third-order valence-corrected chi connectivity index (χ3v) is 3.62. The Morgan fingerprint density at radius 2 is 1.48 bits per heavy atom. The van der Waals surface area contributed by atoms with Crippen molar-refractivity contribution in [2.45, 2.75) is 32.7 Å². The standard InChI is InChI=1S/C19H22N2O2/c1-13(2)16-11-7-8-12-17(16)21-18(22)14(3)20-19(23)15-9-5-4-6-10-15/h4-14H,1-3H3,(H,20,23)(H,21,22)/t14-/m1/s1. The highest BCUT2D eigenvalue weighted by Crippen LogP contribution is 2.23. The topological polar surface area (TPSA) is 58.2 Å². The van der Waals surface area contributed by atoms with Gasteiger partial charge in [-0.05, 0) is 36.6 Å².